The summed E-state index contributed by atoms with van der Waals surface area (Å²) in [4.78, 5) is 33.5. The lowest BCUT2D eigenvalue weighted by Gasteiger charge is -2.38. The lowest BCUT2D eigenvalue weighted by molar-refractivity contribution is -0.192. The number of nitrogens with zero attached hydrogens (tertiary/aromatic N) is 6. The maximum Gasteiger partial charge on any atom is 0.490 e. The van der Waals surface area contributed by atoms with E-state index in [0.29, 0.717) is 25.2 Å². The molecule has 0 radical (unpaired) electrons. The summed E-state index contributed by atoms with van der Waals surface area (Å²) in [6.07, 6.45) is 1.89. The summed E-state index contributed by atoms with van der Waals surface area (Å²) in [5.74, 6) is -1.21. The number of allylic oxidation sites excluding steroid dienone is 1. The number of aliphatic hydroxyl groups excluding tert-OH is 1. The van der Waals surface area contributed by atoms with Crippen molar-refractivity contribution >= 4 is 39.6 Å². The number of halogens is 4. The van der Waals surface area contributed by atoms with E-state index < -0.39 is 12.1 Å². The van der Waals surface area contributed by atoms with Crippen LogP contribution in [-0.2, 0) is 17.6 Å². The minimum Gasteiger partial charge on any atom is -0.475 e. The van der Waals surface area contributed by atoms with Crippen LogP contribution in [0.3, 0.4) is 0 Å². The van der Waals surface area contributed by atoms with Gasteiger partial charge in [-0.3, -0.25) is 4.98 Å². The van der Waals surface area contributed by atoms with Crippen molar-refractivity contribution in [3.8, 4) is 0 Å². The van der Waals surface area contributed by atoms with Crippen LogP contribution in [0.15, 0.2) is 30.2 Å². The molecule has 0 bridgehead atoms. The summed E-state index contributed by atoms with van der Waals surface area (Å²) in [5.41, 5.74) is 5.45. The molecule has 0 amide bonds. The van der Waals surface area contributed by atoms with Gasteiger partial charge in [-0.15, -0.1) is 0 Å². The molecular formula is C22H20ClF3N6O3. The van der Waals surface area contributed by atoms with Gasteiger partial charge in [0.05, 0.1) is 22.4 Å². The summed E-state index contributed by atoms with van der Waals surface area (Å²) < 4.78 is 31.7. The van der Waals surface area contributed by atoms with Crippen molar-refractivity contribution in [3.63, 3.8) is 0 Å². The fourth-order valence-corrected chi connectivity index (χ4v) is 4.14. The lowest BCUT2D eigenvalue weighted by atomic mass is 10.1. The second-order valence-electron chi connectivity index (χ2n) is 8.01. The average molecular weight is 509 g/mol. The van der Waals surface area contributed by atoms with Crippen LogP contribution in [0.4, 0.5) is 19.0 Å². The molecule has 2 aliphatic rings. The number of hydrogen-bond donors (Lipinski definition) is 2. The SMILES string of the molecule is CCC1=C(Cl)c2c(nc(Cc3cnc4nccnc4c3)nc2N2CC(O)C2)C1.O=C(O)C(F)(F)F. The van der Waals surface area contributed by atoms with Crippen LogP contribution >= 0.6 is 11.6 Å². The van der Waals surface area contributed by atoms with Crippen molar-refractivity contribution in [2.75, 3.05) is 18.0 Å². The third-order valence-electron chi connectivity index (χ3n) is 5.50. The van der Waals surface area contributed by atoms with Crippen LogP contribution in [0, 0.1) is 0 Å². The van der Waals surface area contributed by atoms with Crippen molar-refractivity contribution in [3.05, 3.63) is 52.9 Å². The second kappa shape index (κ2) is 9.70. The third kappa shape index (κ3) is 5.33. The number of aliphatic hydroxyl groups is 1. The minimum atomic E-state index is -5.08. The minimum absolute atomic E-state index is 0.313. The zero-order valence-corrected chi connectivity index (χ0v) is 19.2. The number of carbonyl (C=O) groups is 1. The van der Waals surface area contributed by atoms with E-state index >= 15 is 0 Å². The van der Waals surface area contributed by atoms with Crippen LogP contribution in [0.25, 0.3) is 16.2 Å². The average Bonchev–Trinajstić information content (AvgIpc) is 3.11. The normalized spacial score (nSPS) is 15.5. The Morgan fingerprint density at radius 2 is 1.89 bits per heavy atom. The molecule has 1 saturated heterocycles. The van der Waals surface area contributed by atoms with Gasteiger partial charge in [-0.05, 0) is 23.6 Å². The lowest BCUT2D eigenvalue weighted by Crippen LogP contribution is -2.51. The van der Waals surface area contributed by atoms with Crippen molar-refractivity contribution in [1.29, 1.82) is 0 Å². The van der Waals surface area contributed by atoms with Crippen LogP contribution in [0.1, 0.15) is 36.0 Å². The van der Waals surface area contributed by atoms with Crippen molar-refractivity contribution < 1.29 is 28.2 Å². The number of carboxylic acids is 1. The first-order valence-corrected chi connectivity index (χ1v) is 11.0. The first kappa shape index (κ1) is 24.7. The summed E-state index contributed by atoms with van der Waals surface area (Å²) in [5, 5.41) is 17.6. The summed E-state index contributed by atoms with van der Waals surface area (Å²) in [6.45, 7) is 3.25. The molecule has 0 saturated carbocycles. The number of hydrogen-bond acceptors (Lipinski definition) is 8. The van der Waals surface area contributed by atoms with Crippen LogP contribution < -0.4 is 4.90 Å². The van der Waals surface area contributed by atoms with E-state index in [1.165, 1.54) is 5.57 Å². The number of β-amino-alcohol motifs (C(OH)–C–C–N with tert-alkyl or cyclic N) is 1. The Hall–Kier alpha value is -3.38. The Morgan fingerprint density at radius 3 is 2.51 bits per heavy atom. The predicted molar refractivity (Wildman–Crippen MR) is 121 cm³/mol. The van der Waals surface area contributed by atoms with Gasteiger partial charge in [-0.25, -0.2) is 24.7 Å². The largest absolute Gasteiger partial charge is 0.490 e. The van der Waals surface area contributed by atoms with E-state index in [2.05, 4.69) is 26.8 Å². The second-order valence-corrected chi connectivity index (χ2v) is 8.39. The number of anilines is 1. The van der Waals surface area contributed by atoms with Gasteiger partial charge in [0.25, 0.3) is 0 Å². The predicted octanol–water partition coefficient (Wildman–Crippen LogP) is 3.14. The number of rotatable bonds is 4. The highest BCUT2D eigenvalue weighted by atomic mass is 35.5. The van der Waals surface area contributed by atoms with Crippen LogP contribution in [0.2, 0.25) is 0 Å². The molecule has 0 atom stereocenters. The van der Waals surface area contributed by atoms with Crippen molar-refractivity contribution in [2.45, 2.75) is 38.5 Å². The Bertz CT molecular complexity index is 1310. The molecule has 3 aromatic heterocycles. The smallest absolute Gasteiger partial charge is 0.475 e. The number of aromatic nitrogens is 5. The molecule has 184 valence electrons. The molecule has 5 rings (SSSR count). The molecule has 13 heteroatoms. The molecular weight excluding hydrogens is 489 g/mol. The molecule has 1 fully saturated rings. The molecule has 0 spiro atoms. The van der Waals surface area contributed by atoms with E-state index in [9.17, 15) is 18.3 Å². The fraction of sp³-hybridized carbons (Fsp3) is 0.364. The van der Waals surface area contributed by atoms with Crippen molar-refractivity contribution in [1.82, 2.24) is 24.9 Å². The van der Waals surface area contributed by atoms with Gasteiger partial charge in [-0.2, -0.15) is 13.2 Å². The maximum atomic E-state index is 10.6. The van der Waals surface area contributed by atoms with Gasteiger partial charge in [0.1, 0.15) is 17.2 Å². The van der Waals surface area contributed by atoms with Crippen LogP contribution in [-0.4, -0.2) is 66.5 Å². The van der Waals surface area contributed by atoms with Gasteiger partial charge >= 0.3 is 12.1 Å². The van der Waals surface area contributed by atoms with Gasteiger partial charge < -0.3 is 15.1 Å². The Kier molecular flexibility index (Phi) is 6.86. The maximum absolute atomic E-state index is 10.6. The third-order valence-corrected chi connectivity index (χ3v) is 5.95. The molecule has 1 aliphatic carbocycles. The van der Waals surface area contributed by atoms with Gasteiger partial charge in [0.15, 0.2) is 5.65 Å². The Morgan fingerprint density at radius 1 is 1.20 bits per heavy atom. The standard InChI is InChI=1S/C20H19ClN6O.C2HF3O2/c1-2-12-7-14-17(18(12)21)20(27-9-13(28)10-27)26-16(25-14)6-11-5-15-19(24-8-11)23-4-3-22-15;3-2(4,5)1(6)7/h3-5,8,13,28H,2,6-7,9-10H2,1H3;(H,6,7). The molecule has 1 aliphatic heterocycles. The van der Waals surface area contributed by atoms with E-state index in [-0.39, 0.29) is 6.10 Å². The summed E-state index contributed by atoms with van der Waals surface area (Å²) >= 11 is 6.64. The first-order chi connectivity index (χ1) is 16.6. The van der Waals surface area contributed by atoms with E-state index in [0.717, 1.165) is 51.9 Å². The number of pyridine rings is 1. The van der Waals surface area contributed by atoms with Gasteiger partial charge in [0.2, 0.25) is 0 Å². The molecule has 4 heterocycles. The molecule has 35 heavy (non-hydrogen) atoms. The summed E-state index contributed by atoms with van der Waals surface area (Å²) in [6, 6.07) is 1.97. The molecule has 3 aromatic rings. The highest BCUT2D eigenvalue weighted by Crippen LogP contribution is 2.42. The molecule has 0 aromatic carbocycles. The number of fused-ring (bicyclic) bond motifs is 2. The number of alkyl halides is 3. The zero-order valence-electron chi connectivity index (χ0n) is 18.4. The van der Waals surface area contributed by atoms with Crippen molar-refractivity contribution in [2.24, 2.45) is 0 Å². The molecule has 2 N–H and O–H groups in total. The van der Waals surface area contributed by atoms with E-state index in [4.69, 9.17) is 31.5 Å². The highest BCUT2D eigenvalue weighted by Gasteiger charge is 2.38. The molecule has 9 nitrogen and oxygen atoms in total. The first-order valence-electron chi connectivity index (χ1n) is 10.6. The fourth-order valence-electron chi connectivity index (χ4n) is 3.75. The summed E-state index contributed by atoms with van der Waals surface area (Å²) in [7, 11) is 0. The number of aliphatic carboxylic acids is 1. The monoisotopic (exact) mass is 508 g/mol. The van der Waals surface area contributed by atoms with Crippen LogP contribution in [0.5, 0.6) is 0 Å². The van der Waals surface area contributed by atoms with E-state index in [1.54, 1.807) is 18.6 Å². The zero-order chi connectivity index (χ0) is 25.3. The van der Waals surface area contributed by atoms with Gasteiger partial charge in [-0.1, -0.05) is 18.5 Å². The van der Waals surface area contributed by atoms with Gasteiger partial charge in [0, 0.05) is 44.5 Å². The number of carboxylic acid groups (broad SMARTS) is 1. The Labute approximate surface area is 202 Å². The van der Waals surface area contributed by atoms with E-state index in [1.807, 2.05) is 6.07 Å². The Balaban J connectivity index is 0.000000364. The topological polar surface area (TPSA) is 125 Å². The molecule has 0 unspecified atom stereocenters. The highest BCUT2D eigenvalue weighted by molar-refractivity contribution is 6.50. The quantitative estimate of drug-likeness (QED) is 0.546.